The smallest absolute Gasteiger partial charge is 0.308 e. The number of esters is 4. The van der Waals surface area contributed by atoms with Crippen LogP contribution < -0.4 is 0 Å². The van der Waals surface area contributed by atoms with Crippen LogP contribution in [0.15, 0.2) is 0 Å². The molecule has 2 unspecified atom stereocenters. The first-order valence-corrected chi connectivity index (χ1v) is 10.5. The summed E-state index contributed by atoms with van der Waals surface area (Å²) in [7, 11) is 5.29. The molecule has 0 aliphatic rings. The van der Waals surface area contributed by atoms with Crippen LogP contribution in [-0.4, -0.2) is 63.5 Å². The van der Waals surface area contributed by atoms with Crippen molar-refractivity contribution >= 4 is 23.9 Å². The van der Waals surface area contributed by atoms with Crippen LogP contribution in [0.25, 0.3) is 0 Å². The Morgan fingerprint density at radius 2 is 0.871 bits per heavy atom. The summed E-state index contributed by atoms with van der Waals surface area (Å²) in [5, 5.41) is 0. The standard InChI is InChI=1S/C22H38O9/c1-21(15-19(25)29-5,13-9-7-11-17(23)27-3)31-22(2,16-20(26)30-6)14-10-8-12-18(24)28-4/h7-16H2,1-6H3. The Kier molecular flexibility index (Phi) is 13.7. The minimum absolute atomic E-state index is 0.000642. The normalized spacial score (nSPS) is 14.6. The van der Waals surface area contributed by atoms with Gasteiger partial charge in [0.2, 0.25) is 0 Å². The Hall–Kier alpha value is -2.16. The highest BCUT2D eigenvalue weighted by molar-refractivity contribution is 5.71. The molecule has 0 aromatic carbocycles. The van der Waals surface area contributed by atoms with E-state index in [1.165, 1.54) is 28.4 Å². The third-order valence-electron chi connectivity index (χ3n) is 5.11. The van der Waals surface area contributed by atoms with Gasteiger partial charge in [-0.2, -0.15) is 0 Å². The SMILES string of the molecule is COC(=O)CCCCC(C)(CC(=O)OC)OC(C)(CCCCC(=O)OC)CC(=O)OC. The van der Waals surface area contributed by atoms with Crippen molar-refractivity contribution in [1.82, 2.24) is 0 Å². The second kappa shape index (κ2) is 14.8. The highest BCUT2D eigenvalue weighted by atomic mass is 16.6. The molecule has 0 fully saturated rings. The van der Waals surface area contributed by atoms with Gasteiger partial charge in [0, 0.05) is 12.8 Å². The monoisotopic (exact) mass is 446 g/mol. The molecule has 0 aromatic rings. The van der Waals surface area contributed by atoms with E-state index in [0.29, 0.717) is 38.5 Å². The summed E-state index contributed by atoms with van der Waals surface area (Å²) in [5.41, 5.74) is -1.82. The van der Waals surface area contributed by atoms with Crippen molar-refractivity contribution < 1.29 is 42.9 Å². The van der Waals surface area contributed by atoms with Crippen molar-refractivity contribution in [1.29, 1.82) is 0 Å². The number of unbranched alkanes of at least 4 members (excludes halogenated alkanes) is 2. The lowest BCUT2D eigenvalue weighted by Crippen LogP contribution is -2.44. The largest absolute Gasteiger partial charge is 0.469 e. The average Bonchev–Trinajstić information content (AvgIpc) is 2.73. The molecule has 0 aliphatic heterocycles. The van der Waals surface area contributed by atoms with E-state index in [-0.39, 0.29) is 37.6 Å². The van der Waals surface area contributed by atoms with Crippen molar-refractivity contribution in [3.63, 3.8) is 0 Å². The van der Waals surface area contributed by atoms with Gasteiger partial charge in [0.25, 0.3) is 0 Å². The fourth-order valence-electron chi connectivity index (χ4n) is 3.44. The molecule has 31 heavy (non-hydrogen) atoms. The molecule has 0 aliphatic carbocycles. The molecular formula is C22H38O9. The van der Waals surface area contributed by atoms with Crippen LogP contribution in [0, 0.1) is 0 Å². The second-order valence-electron chi connectivity index (χ2n) is 8.07. The third-order valence-corrected chi connectivity index (χ3v) is 5.11. The predicted molar refractivity (Wildman–Crippen MR) is 112 cm³/mol. The maximum absolute atomic E-state index is 12.0. The van der Waals surface area contributed by atoms with Gasteiger partial charge < -0.3 is 23.7 Å². The number of hydrogen-bond acceptors (Lipinski definition) is 9. The fourth-order valence-corrected chi connectivity index (χ4v) is 3.44. The minimum atomic E-state index is -0.908. The zero-order valence-corrected chi connectivity index (χ0v) is 19.7. The molecule has 0 heterocycles. The molecule has 2 atom stereocenters. The average molecular weight is 447 g/mol. The van der Waals surface area contributed by atoms with Crippen molar-refractivity contribution in [3.05, 3.63) is 0 Å². The van der Waals surface area contributed by atoms with Crippen LogP contribution in [0.3, 0.4) is 0 Å². The van der Waals surface area contributed by atoms with Gasteiger partial charge >= 0.3 is 23.9 Å². The van der Waals surface area contributed by atoms with Gasteiger partial charge in [-0.15, -0.1) is 0 Å². The van der Waals surface area contributed by atoms with Gasteiger partial charge in [0.1, 0.15) is 0 Å². The zero-order valence-electron chi connectivity index (χ0n) is 19.7. The minimum Gasteiger partial charge on any atom is -0.469 e. The quantitative estimate of drug-likeness (QED) is 0.200. The molecule has 0 spiro atoms. The molecule has 0 amide bonds. The van der Waals surface area contributed by atoms with Gasteiger partial charge in [0.15, 0.2) is 0 Å². The number of methoxy groups -OCH3 is 4. The van der Waals surface area contributed by atoms with Gasteiger partial charge in [-0.05, 0) is 52.4 Å². The lowest BCUT2D eigenvalue weighted by molar-refractivity contribution is -0.179. The zero-order chi connectivity index (χ0) is 23.9. The molecule has 0 rings (SSSR count). The van der Waals surface area contributed by atoms with Crippen LogP contribution >= 0.6 is 0 Å². The van der Waals surface area contributed by atoms with Crippen LogP contribution in [0.1, 0.15) is 78.1 Å². The number of ether oxygens (including phenoxy) is 5. The summed E-state index contributed by atoms with van der Waals surface area (Å²) < 4.78 is 25.4. The highest BCUT2D eigenvalue weighted by Gasteiger charge is 2.39. The van der Waals surface area contributed by atoms with E-state index in [0.717, 1.165) is 0 Å². The molecule has 180 valence electrons. The maximum atomic E-state index is 12.0. The molecule has 9 nitrogen and oxygen atoms in total. The topological polar surface area (TPSA) is 114 Å². The number of carbonyl (C=O) groups is 4. The first-order valence-electron chi connectivity index (χ1n) is 10.5. The summed E-state index contributed by atoms with van der Waals surface area (Å²) in [6.45, 7) is 3.60. The molecule has 0 N–H and O–H groups in total. The van der Waals surface area contributed by atoms with Gasteiger partial charge in [-0.1, -0.05) is 0 Å². The number of rotatable bonds is 16. The van der Waals surface area contributed by atoms with Crippen molar-refractivity contribution in [3.8, 4) is 0 Å². The predicted octanol–water partition coefficient (Wildman–Crippen LogP) is 3.11. The van der Waals surface area contributed by atoms with Crippen LogP contribution in [0.5, 0.6) is 0 Å². The van der Waals surface area contributed by atoms with Crippen molar-refractivity contribution in [2.45, 2.75) is 89.3 Å². The fraction of sp³-hybridized carbons (Fsp3) is 0.818. The number of hydrogen-bond donors (Lipinski definition) is 0. The Morgan fingerprint density at radius 3 is 1.16 bits per heavy atom. The second-order valence-corrected chi connectivity index (χ2v) is 8.07. The Labute approximate surface area is 185 Å². The van der Waals surface area contributed by atoms with E-state index >= 15 is 0 Å². The lowest BCUT2D eigenvalue weighted by Gasteiger charge is -2.40. The van der Waals surface area contributed by atoms with Crippen molar-refractivity contribution in [2.24, 2.45) is 0 Å². The molecule has 0 aromatic heterocycles. The third kappa shape index (κ3) is 13.0. The van der Waals surface area contributed by atoms with Crippen LogP contribution in [-0.2, 0) is 42.9 Å². The summed E-state index contributed by atoms with van der Waals surface area (Å²) in [6.07, 6.45) is 3.94. The van der Waals surface area contributed by atoms with E-state index in [1.807, 2.05) is 0 Å². The van der Waals surface area contributed by atoms with Crippen LogP contribution in [0.4, 0.5) is 0 Å². The maximum Gasteiger partial charge on any atom is 0.308 e. The molecule has 0 bridgehead atoms. The van der Waals surface area contributed by atoms with Gasteiger partial charge in [-0.25, -0.2) is 0 Å². The summed E-state index contributed by atoms with van der Waals surface area (Å²) >= 11 is 0. The lowest BCUT2D eigenvalue weighted by atomic mass is 9.89. The number of carbonyl (C=O) groups excluding carboxylic acids is 4. The highest BCUT2D eigenvalue weighted by Crippen LogP contribution is 2.35. The molecular weight excluding hydrogens is 408 g/mol. The first-order chi connectivity index (χ1) is 14.5. The van der Waals surface area contributed by atoms with E-state index < -0.39 is 23.1 Å². The Balaban J connectivity index is 5.28. The summed E-state index contributed by atoms with van der Waals surface area (Å²) in [4.78, 5) is 46.8. The summed E-state index contributed by atoms with van der Waals surface area (Å²) in [5.74, 6) is -1.45. The summed E-state index contributed by atoms with van der Waals surface area (Å²) in [6, 6.07) is 0. The molecule has 0 radical (unpaired) electrons. The van der Waals surface area contributed by atoms with Gasteiger partial charge in [0.05, 0.1) is 52.5 Å². The van der Waals surface area contributed by atoms with E-state index in [1.54, 1.807) is 13.8 Å². The van der Waals surface area contributed by atoms with Crippen LogP contribution in [0.2, 0.25) is 0 Å². The van der Waals surface area contributed by atoms with E-state index in [2.05, 4.69) is 9.47 Å². The Morgan fingerprint density at radius 1 is 0.548 bits per heavy atom. The first kappa shape index (κ1) is 28.8. The molecule has 0 saturated carbocycles. The molecule has 0 saturated heterocycles. The van der Waals surface area contributed by atoms with Crippen molar-refractivity contribution in [2.75, 3.05) is 28.4 Å². The van der Waals surface area contributed by atoms with E-state index in [9.17, 15) is 19.2 Å². The van der Waals surface area contributed by atoms with Gasteiger partial charge in [-0.3, -0.25) is 19.2 Å². The molecule has 9 heteroatoms. The Bertz CT molecular complexity index is 540. The van der Waals surface area contributed by atoms with E-state index in [4.69, 9.17) is 14.2 Å².